The number of rotatable bonds is 20. The van der Waals surface area contributed by atoms with Crippen LogP contribution in [0.1, 0.15) is 65.2 Å². The summed E-state index contributed by atoms with van der Waals surface area (Å²) in [7, 11) is -4.36. The Morgan fingerprint density at radius 2 is 1.64 bits per heavy atom. The summed E-state index contributed by atoms with van der Waals surface area (Å²) in [4.78, 5) is 31.9. The van der Waals surface area contributed by atoms with Gasteiger partial charge in [0.15, 0.2) is 0 Å². The fourth-order valence-corrected chi connectivity index (χ4v) is 3.21. The lowest BCUT2D eigenvalue weighted by Crippen LogP contribution is -2.25. The standard InChI is InChI=1S/C23H40NO8P/c1-3-4-5-6-7-8-9-10-11-12-13-14-15-16-23(27)30-19-22(26)20-32-33(28,29)31-18-17-24-21(2)25/h4-5,7-8,10-11,22,26H,3,6,9,12-20H2,1-2H3,(H,24,25)(H,28,29)/b5-4-,8-7-,11-10-. The highest BCUT2D eigenvalue weighted by molar-refractivity contribution is 7.47. The van der Waals surface area contributed by atoms with Crippen LogP contribution >= 0.6 is 7.82 Å². The fraction of sp³-hybridized carbons (Fsp3) is 0.652. The molecular formula is C23H40NO8P. The Labute approximate surface area is 197 Å². The van der Waals surface area contributed by atoms with E-state index in [0.29, 0.717) is 6.42 Å². The number of aliphatic hydroxyl groups excluding tert-OH is 1. The molecule has 9 nitrogen and oxygen atoms in total. The van der Waals surface area contributed by atoms with E-state index in [2.05, 4.69) is 57.7 Å². The van der Waals surface area contributed by atoms with Crippen molar-refractivity contribution in [3.8, 4) is 0 Å². The number of unbranched alkanes of at least 4 members (excludes halogenated alkanes) is 3. The number of hydrogen-bond donors (Lipinski definition) is 3. The molecule has 0 radical (unpaired) electrons. The number of hydrogen-bond acceptors (Lipinski definition) is 7. The van der Waals surface area contributed by atoms with Gasteiger partial charge in [0.25, 0.3) is 0 Å². The average Bonchev–Trinajstić information content (AvgIpc) is 2.77. The maximum atomic E-state index is 11.7. The van der Waals surface area contributed by atoms with Crippen LogP contribution < -0.4 is 5.32 Å². The van der Waals surface area contributed by atoms with Crippen molar-refractivity contribution in [3.63, 3.8) is 0 Å². The van der Waals surface area contributed by atoms with Gasteiger partial charge in [0.2, 0.25) is 5.91 Å². The molecule has 0 aliphatic rings. The van der Waals surface area contributed by atoms with E-state index in [-0.39, 0.29) is 32.1 Å². The number of esters is 1. The maximum absolute atomic E-state index is 11.7. The summed E-state index contributed by atoms with van der Waals surface area (Å²) in [5.41, 5.74) is 0. The van der Waals surface area contributed by atoms with Crippen molar-refractivity contribution in [2.75, 3.05) is 26.4 Å². The molecule has 0 aromatic heterocycles. The molecule has 1 amide bonds. The molecule has 0 saturated heterocycles. The first-order valence-electron chi connectivity index (χ1n) is 11.4. The average molecular weight is 490 g/mol. The second kappa shape index (κ2) is 20.8. The van der Waals surface area contributed by atoms with E-state index in [9.17, 15) is 24.2 Å². The molecule has 0 saturated carbocycles. The number of carbonyl (C=O) groups excluding carboxylic acids is 2. The van der Waals surface area contributed by atoms with Crippen LogP contribution in [-0.2, 0) is 27.9 Å². The largest absolute Gasteiger partial charge is 0.472 e. The second-order valence-electron chi connectivity index (χ2n) is 7.31. The molecule has 190 valence electrons. The zero-order valence-corrected chi connectivity index (χ0v) is 20.7. The molecule has 0 rings (SSSR count). The molecule has 0 aliphatic carbocycles. The van der Waals surface area contributed by atoms with Crippen LogP contribution in [0.15, 0.2) is 36.5 Å². The molecule has 0 spiro atoms. The third kappa shape index (κ3) is 23.2. The maximum Gasteiger partial charge on any atom is 0.472 e. The lowest BCUT2D eigenvalue weighted by Gasteiger charge is -2.15. The molecule has 10 heteroatoms. The minimum atomic E-state index is -4.36. The summed E-state index contributed by atoms with van der Waals surface area (Å²) in [6.07, 6.45) is 18.4. The van der Waals surface area contributed by atoms with Gasteiger partial charge in [-0.15, -0.1) is 0 Å². The lowest BCUT2D eigenvalue weighted by molar-refractivity contribution is -0.147. The van der Waals surface area contributed by atoms with Gasteiger partial charge in [-0.25, -0.2) is 4.57 Å². The van der Waals surface area contributed by atoms with Gasteiger partial charge in [0, 0.05) is 19.9 Å². The quantitative estimate of drug-likeness (QED) is 0.101. The van der Waals surface area contributed by atoms with Crippen LogP contribution in [-0.4, -0.2) is 54.3 Å². The summed E-state index contributed by atoms with van der Waals surface area (Å²) >= 11 is 0. The predicted octanol–water partition coefficient (Wildman–Crippen LogP) is 3.97. The Morgan fingerprint density at radius 1 is 0.970 bits per heavy atom. The summed E-state index contributed by atoms with van der Waals surface area (Å²) in [6, 6.07) is 0. The topological polar surface area (TPSA) is 131 Å². The SMILES string of the molecule is CC/C=C\C/C=C\C/C=C\CCCCCC(=O)OCC(O)COP(=O)(O)OCCNC(C)=O. The number of ether oxygens (including phenoxy) is 1. The number of aliphatic hydroxyl groups is 1. The van der Waals surface area contributed by atoms with Gasteiger partial charge >= 0.3 is 13.8 Å². The number of amides is 1. The molecule has 2 unspecified atom stereocenters. The molecule has 0 heterocycles. The first-order valence-corrected chi connectivity index (χ1v) is 12.9. The van der Waals surface area contributed by atoms with Crippen LogP contribution in [0.3, 0.4) is 0 Å². The van der Waals surface area contributed by atoms with E-state index in [1.165, 1.54) is 6.92 Å². The zero-order chi connectivity index (χ0) is 24.8. The van der Waals surface area contributed by atoms with Crippen molar-refractivity contribution in [1.82, 2.24) is 5.32 Å². The number of allylic oxidation sites excluding steroid dienone is 6. The van der Waals surface area contributed by atoms with Gasteiger partial charge in [0.1, 0.15) is 12.7 Å². The second-order valence-corrected chi connectivity index (χ2v) is 8.76. The van der Waals surface area contributed by atoms with Crippen molar-refractivity contribution >= 4 is 19.7 Å². The highest BCUT2D eigenvalue weighted by Gasteiger charge is 2.23. The minimum absolute atomic E-state index is 0.0498. The van der Waals surface area contributed by atoms with Gasteiger partial charge in [-0.05, 0) is 38.5 Å². The zero-order valence-electron chi connectivity index (χ0n) is 19.8. The normalized spacial score (nSPS) is 14.7. The van der Waals surface area contributed by atoms with E-state index >= 15 is 0 Å². The van der Waals surface area contributed by atoms with Gasteiger partial charge in [-0.3, -0.25) is 18.6 Å². The van der Waals surface area contributed by atoms with Crippen molar-refractivity contribution in [3.05, 3.63) is 36.5 Å². The fourth-order valence-electron chi connectivity index (χ4n) is 2.45. The molecule has 0 aliphatic heterocycles. The third-order valence-corrected chi connectivity index (χ3v) is 5.11. The van der Waals surface area contributed by atoms with Gasteiger partial charge in [-0.1, -0.05) is 49.8 Å². The predicted molar refractivity (Wildman–Crippen MR) is 127 cm³/mol. The lowest BCUT2D eigenvalue weighted by atomic mass is 10.1. The first-order chi connectivity index (χ1) is 15.8. The highest BCUT2D eigenvalue weighted by Crippen LogP contribution is 2.42. The van der Waals surface area contributed by atoms with E-state index in [1.54, 1.807) is 0 Å². The van der Waals surface area contributed by atoms with E-state index in [1.807, 2.05) is 0 Å². The Bertz CT molecular complexity index is 663. The van der Waals surface area contributed by atoms with Crippen molar-refractivity contribution in [2.24, 2.45) is 0 Å². The molecular weight excluding hydrogens is 449 g/mol. The van der Waals surface area contributed by atoms with E-state index in [4.69, 9.17) is 4.74 Å². The summed E-state index contributed by atoms with van der Waals surface area (Å²) in [5.74, 6) is -0.735. The Hall–Kier alpha value is -1.77. The van der Waals surface area contributed by atoms with Gasteiger partial charge in [0.05, 0.1) is 13.2 Å². The summed E-state index contributed by atoms with van der Waals surface area (Å²) < 4.78 is 25.8. The minimum Gasteiger partial charge on any atom is -0.463 e. The summed E-state index contributed by atoms with van der Waals surface area (Å²) in [5, 5.41) is 12.1. The number of phosphoric acid groups is 1. The molecule has 2 atom stereocenters. The Balaban J connectivity index is 3.70. The highest BCUT2D eigenvalue weighted by atomic mass is 31.2. The van der Waals surface area contributed by atoms with Crippen LogP contribution in [0.4, 0.5) is 0 Å². The number of phosphoric ester groups is 1. The molecule has 33 heavy (non-hydrogen) atoms. The van der Waals surface area contributed by atoms with E-state index < -0.39 is 26.5 Å². The van der Waals surface area contributed by atoms with Crippen LogP contribution in [0.25, 0.3) is 0 Å². The Morgan fingerprint density at radius 3 is 2.30 bits per heavy atom. The van der Waals surface area contributed by atoms with Crippen LogP contribution in [0.5, 0.6) is 0 Å². The van der Waals surface area contributed by atoms with Crippen molar-refractivity contribution in [1.29, 1.82) is 0 Å². The molecule has 0 aromatic carbocycles. The molecule has 0 aromatic rings. The smallest absolute Gasteiger partial charge is 0.463 e. The van der Waals surface area contributed by atoms with Gasteiger partial charge in [-0.2, -0.15) is 0 Å². The third-order valence-electron chi connectivity index (χ3n) is 4.13. The number of carbonyl (C=O) groups is 2. The monoisotopic (exact) mass is 489 g/mol. The van der Waals surface area contributed by atoms with Crippen molar-refractivity contribution in [2.45, 2.75) is 71.3 Å². The van der Waals surface area contributed by atoms with E-state index in [0.717, 1.165) is 38.5 Å². The van der Waals surface area contributed by atoms with Crippen LogP contribution in [0.2, 0.25) is 0 Å². The number of nitrogens with one attached hydrogen (secondary N) is 1. The van der Waals surface area contributed by atoms with Gasteiger partial charge < -0.3 is 20.1 Å². The Kier molecular flexibility index (Phi) is 19.7. The molecule has 0 fully saturated rings. The van der Waals surface area contributed by atoms with Crippen LogP contribution in [0, 0.1) is 0 Å². The first kappa shape index (κ1) is 31.2. The molecule has 0 bridgehead atoms. The molecule has 3 N–H and O–H groups in total. The summed E-state index contributed by atoms with van der Waals surface area (Å²) in [6.45, 7) is 2.38. The van der Waals surface area contributed by atoms with Crippen molar-refractivity contribution < 1.29 is 37.9 Å².